The zero-order valence-corrected chi connectivity index (χ0v) is 10.9. The van der Waals surface area contributed by atoms with E-state index < -0.39 is 11.6 Å². The van der Waals surface area contributed by atoms with Crippen LogP contribution in [0, 0.1) is 15.2 Å². The third-order valence-electron chi connectivity index (χ3n) is 2.21. The van der Waals surface area contributed by atoms with E-state index in [1.807, 2.05) is 30.3 Å². The molecule has 0 unspecified atom stereocenters. The van der Waals surface area contributed by atoms with E-state index in [1.54, 1.807) is 22.6 Å². The van der Waals surface area contributed by atoms with E-state index in [2.05, 4.69) is 0 Å². The standard InChI is InChI=1S/C13H9F2IO/c14-11-6-10(7-12(15)13(11)16)17-8-9-4-2-1-3-5-9/h1-7H,8H2. The molecule has 2 aromatic carbocycles. The van der Waals surface area contributed by atoms with Gasteiger partial charge in [-0.25, -0.2) is 8.78 Å². The van der Waals surface area contributed by atoms with Gasteiger partial charge >= 0.3 is 0 Å². The highest BCUT2D eigenvalue weighted by atomic mass is 127. The minimum atomic E-state index is -0.603. The third-order valence-corrected chi connectivity index (χ3v) is 3.24. The maximum absolute atomic E-state index is 13.2. The van der Waals surface area contributed by atoms with Gasteiger partial charge in [-0.2, -0.15) is 0 Å². The van der Waals surface area contributed by atoms with Gasteiger partial charge in [0.2, 0.25) is 0 Å². The van der Waals surface area contributed by atoms with E-state index in [0.717, 1.165) is 5.56 Å². The predicted octanol–water partition coefficient (Wildman–Crippen LogP) is 4.15. The second kappa shape index (κ2) is 5.44. The van der Waals surface area contributed by atoms with Crippen LogP contribution in [0.15, 0.2) is 42.5 Å². The normalized spacial score (nSPS) is 10.3. The molecule has 0 aliphatic carbocycles. The second-order valence-electron chi connectivity index (χ2n) is 3.48. The Morgan fingerprint density at radius 3 is 2.18 bits per heavy atom. The quantitative estimate of drug-likeness (QED) is 0.599. The fraction of sp³-hybridized carbons (Fsp3) is 0.0769. The fourth-order valence-corrected chi connectivity index (χ4v) is 1.67. The van der Waals surface area contributed by atoms with E-state index >= 15 is 0 Å². The lowest BCUT2D eigenvalue weighted by molar-refractivity contribution is 0.302. The Morgan fingerprint density at radius 2 is 1.59 bits per heavy atom. The molecule has 0 spiro atoms. The van der Waals surface area contributed by atoms with Crippen molar-refractivity contribution < 1.29 is 13.5 Å². The lowest BCUT2D eigenvalue weighted by atomic mass is 10.2. The number of hydrogen-bond donors (Lipinski definition) is 0. The minimum Gasteiger partial charge on any atom is -0.489 e. The molecule has 4 heteroatoms. The Balaban J connectivity index is 2.10. The van der Waals surface area contributed by atoms with Gasteiger partial charge < -0.3 is 4.74 Å². The van der Waals surface area contributed by atoms with E-state index in [1.165, 1.54) is 12.1 Å². The van der Waals surface area contributed by atoms with E-state index in [0.29, 0.717) is 6.61 Å². The Labute approximate surface area is 112 Å². The molecule has 0 saturated carbocycles. The average molecular weight is 346 g/mol. The van der Waals surface area contributed by atoms with Gasteiger partial charge in [0.1, 0.15) is 24.0 Å². The van der Waals surface area contributed by atoms with Crippen LogP contribution in [0.25, 0.3) is 0 Å². The topological polar surface area (TPSA) is 9.23 Å². The summed E-state index contributed by atoms with van der Waals surface area (Å²) >= 11 is 1.62. The molecule has 1 nitrogen and oxygen atoms in total. The van der Waals surface area contributed by atoms with Gasteiger partial charge in [0.05, 0.1) is 3.57 Å². The molecule has 0 bridgehead atoms. The molecule has 2 aromatic rings. The van der Waals surface area contributed by atoms with Crippen LogP contribution in [0.3, 0.4) is 0 Å². The van der Waals surface area contributed by atoms with Gasteiger partial charge in [0, 0.05) is 12.1 Å². The van der Waals surface area contributed by atoms with Gasteiger partial charge in [0.25, 0.3) is 0 Å². The molecule has 0 amide bonds. The van der Waals surface area contributed by atoms with Gasteiger partial charge in [-0.3, -0.25) is 0 Å². The summed E-state index contributed by atoms with van der Waals surface area (Å²) in [6, 6.07) is 11.8. The van der Waals surface area contributed by atoms with Crippen LogP contribution in [0.4, 0.5) is 8.78 Å². The van der Waals surface area contributed by atoms with Crippen molar-refractivity contribution in [2.45, 2.75) is 6.61 Å². The van der Waals surface area contributed by atoms with Crippen molar-refractivity contribution in [1.29, 1.82) is 0 Å². The third kappa shape index (κ3) is 3.15. The molecule has 0 aliphatic rings. The van der Waals surface area contributed by atoms with Crippen LogP contribution in [0.1, 0.15) is 5.56 Å². The van der Waals surface area contributed by atoms with E-state index in [4.69, 9.17) is 4.74 Å². The number of ether oxygens (including phenoxy) is 1. The van der Waals surface area contributed by atoms with Crippen LogP contribution in [0.2, 0.25) is 0 Å². The molecule has 88 valence electrons. The highest BCUT2D eigenvalue weighted by molar-refractivity contribution is 14.1. The van der Waals surface area contributed by atoms with Crippen LogP contribution in [-0.4, -0.2) is 0 Å². The molecule has 0 heterocycles. The summed E-state index contributed by atoms with van der Waals surface area (Å²) < 4.78 is 31.8. The number of hydrogen-bond acceptors (Lipinski definition) is 1. The average Bonchev–Trinajstić information content (AvgIpc) is 2.34. The Bertz CT molecular complexity index is 491. The van der Waals surface area contributed by atoms with Crippen LogP contribution in [0.5, 0.6) is 5.75 Å². The van der Waals surface area contributed by atoms with Crippen molar-refractivity contribution in [3.8, 4) is 5.75 Å². The highest BCUT2D eigenvalue weighted by Crippen LogP contribution is 2.22. The maximum Gasteiger partial charge on any atom is 0.143 e. The van der Waals surface area contributed by atoms with Crippen LogP contribution >= 0.6 is 22.6 Å². The van der Waals surface area contributed by atoms with Crippen molar-refractivity contribution in [2.75, 3.05) is 0 Å². The zero-order valence-electron chi connectivity index (χ0n) is 8.79. The van der Waals surface area contributed by atoms with Crippen LogP contribution in [-0.2, 0) is 6.61 Å². The lowest BCUT2D eigenvalue weighted by Gasteiger charge is -2.07. The molecular weight excluding hydrogens is 337 g/mol. The first-order valence-electron chi connectivity index (χ1n) is 4.98. The monoisotopic (exact) mass is 346 g/mol. The summed E-state index contributed by atoms with van der Waals surface area (Å²) in [7, 11) is 0. The van der Waals surface area contributed by atoms with Gasteiger partial charge in [-0.05, 0) is 28.2 Å². The lowest BCUT2D eigenvalue weighted by Crippen LogP contribution is -1.97. The highest BCUT2D eigenvalue weighted by Gasteiger charge is 2.08. The maximum atomic E-state index is 13.2. The predicted molar refractivity (Wildman–Crippen MR) is 69.8 cm³/mol. The van der Waals surface area contributed by atoms with Gasteiger partial charge in [0.15, 0.2) is 0 Å². The van der Waals surface area contributed by atoms with E-state index in [9.17, 15) is 8.78 Å². The number of rotatable bonds is 3. The molecule has 2 rings (SSSR count). The smallest absolute Gasteiger partial charge is 0.143 e. The number of benzene rings is 2. The van der Waals surface area contributed by atoms with Crippen molar-refractivity contribution >= 4 is 22.6 Å². The zero-order chi connectivity index (χ0) is 12.3. The summed E-state index contributed by atoms with van der Waals surface area (Å²) in [5.41, 5.74) is 0.951. The Hall–Kier alpha value is -1.17. The molecule has 0 N–H and O–H groups in total. The molecule has 0 aromatic heterocycles. The Morgan fingerprint density at radius 1 is 1.00 bits per heavy atom. The summed E-state index contributed by atoms with van der Waals surface area (Å²) in [4.78, 5) is 0. The molecule has 0 atom stereocenters. The fourth-order valence-electron chi connectivity index (χ4n) is 1.36. The molecule has 0 saturated heterocycles. The van der Waals surface area contributed by atoms with Gasteiger partial charge in [-0.15, -0.1) is 0 Å². The second-order valence-corrected chi connectivity index (χ2v) is 4.55. The van der Waals surface area contributed by atoms with Crippen molar-refractivity contribution in [3.63, 3.8) is 0 Å². The molecule has 0 radical (unpaired) electrons. The van der Waals surface area contributed by atoms with Crippen LogP contribution < -0.4 is 4.74 Å². The molecule has 0 aliphatic heterocycles. The van der Waals surface area contributed by atoms with E-state index in [-0.39, 0.29) is 9.32 Å². The summed E-state index contributed by atoms with van der Waals surface area (Å²) in [6.07, 6.45) is 0. The summed E-state index contributed by atoms with van der Waals surface area (Å²) in [6.45, 7) is 0.292. The van der Waals surface area contributed by atoms with Crippen molar-refractivity contribution in [2.24, 2.45) is 0 Å². The van der Waals surface area contributed by atoms with Crippen molar-refractivity contribution in [1.82, 2.24) is 0 Å². The summed E-state index contributed by atoms with van der Waals surface area (Å²) in [5.74, 6) is -1.01. The molecule has 17 heavy (non-hydrogen) atoms. The summed E-state index contributed by atoms with van der Waals surface area (Å²) in [5, 5.41) is 0. The Kier molecular flexibility index (Phi) is 3.93. The SMILES string of the molecule is Fc1cc(OCc2ccccc2)cc(F)c1I. The molecule has 0 fully saturated rings. The van der Waals surface area contributed by atoms with Gasteiger partial charge in [-0.1, -0.05) is 30.3 Å². The largest absolute Gasteiger partial charge is 0.489 e. The number of halogens is 3. The van der Waals surface area contributed by atoms with Crippen molar-refractivity contribution in [3.05, 3.63) is 63.2 Å². The minimum absolute atomic E-state index is 0.0188. The first-order chi connectivity index (χ1) is 8.16. The molecular formula is C13H9F2IO. The first-order valence-corrected chi connectivity index (χ1v) is 6.06. The first kappa shape index (κ1) is 12.3.